The average molecular weight is 1150 g/mol. The quantitative estimate of drug-likeness (QED) is 0.0486. The van der Waals surface area contributed by atoms with Crippen LogP contribution in [-0.4, -0.2) is 227 Å². The van der Waals surface area contributed by atoms with Crippen LogP contribution >= 0.6 is 0 Å². The second-order valence-corrected chi connectivity index (χ2v) is 25.9. The van der Waals surface area contributed by atoms with Crippen molar-refractivity contribution in [2.24, 2.45) is 39.4 Å². The first-order chi connectivity index (χ1) is 37.0. The summed E-state index contributed by atoms with van der Waals surface area (Å²) in [5.74, 6) is -0.821. The zero-order chi connectivity index (χ0) is 57.7. The molecule has 15 unspecified atom stereocenters. The Morgan fingerprint density at radius 2 is 1.38 bits per heavy atom. The van der Waals surface area contributed by atoms with E-state index in [-0.39, 0.29) is 35.4 Å². The number of hydrogen-bond donors (Lipinski definition) is 10. The number of carbonyl (C=O) groups is 2. The van der Waals surface area contributed by atoms with Crippen molar-refractivity contribution < 1.29 is 120 Å². The number of fused-ring (bicyclic) bond motifs is 4. The second kappa shape index (κ2) is 22.6. The SMILES string of the molecule is C=C(C)CCC[C@]1(C)OC(=O)C23CCC4C(=CCC5C(C)(C)C(O[C@@H]6OC[C@@H](OS(=O)(=O)O)C(O)C6O[C@@H]6OC(CO)[C@@H](O[C@@H]7OC[C@@H](O)C(O[C@@H]8OC(CO)[C@@H](O)C(OC)C8O)C7O)C(O)C6O)CC[C@]45C)[C@]2(C)CC(=O)C31. The zero-order valence-electron chi connectivity index (χ0n) is 45.7. The number of cyclic esters (lactones) is 1. The Morgan fingerprint density at radius 3 is 2.04 bits per heavy atom. The van der Waals surface area contributed by atoms with E-state index >= 15 is 0 Å². The molecule has 25 nitrogen and oxygen atoms in total. The van der Waals surface area contributed by atoms with Gasteiger partial charge in [-0.1, -0.05) is 44.9 Å². The number of aliphatic hydroxyl groups excluding tert-OH is 9. The minimum atomic E-state index is -5.19. The largest absolute Gasteiger partial charge is 0.458 e. The van der Waals surface area contributed by atoms with Crippen molar-refractivity contribution in [3.8, 4) is 0 Å². The molecule has 10 N–H and O–H groups in total. The molecule has 5 saturated heterocycles. The highest BCUT2D eigenvalue weighted by molar-refractivity contribution is 7.80. The Kier molecular flexibility index (Phi) is 17.6. The van der Waals surface area contributed by atoms with E-state index in [1.807, 2.05) is 13.8 Å². The van der Waals surface area contributed by atoms with E-state index in [0.29, 0.717) is 38.5 Å². The smallest absolute Gasteiger partial charge is 0.397 e. The molecule has 0 amide bonds. The van der Waals surface area contributed by atoms with Gasteiger partial charge < -0.3 is 93.3 Å². The first-order valence-electron chi connectivity index (χ1n) is 27.5. The van der Waals surface area contributed by atoms with Crippen LogP contribution in [0.1, 0.15) is 99.3 Å². The monoisotopic (exact) mass is 1150 g/mol. The Hall–Kier alpha value is -2.23. The summed E-state index contributed by atoms with van der Waals surface area (Å²) in [4.78, 5) is 28.7. The molecule has 0 aromatic rings. The summed E-state index contributed by atoms with van der Waals surface area (Å²) in [6, 6.07) is 0. The molecule has 0 aromatic carbocycles. The maximum atomic E-state index is 14.4. The Bertz CT molecular complexity index is 2390. The Morgan fingerprint density at radius 1 is 0.747 bits per heavy atom. The normalized spacial score (nSPS) is 49.7. The lowest BCUT2D eigenvalue weighted by atomic mass is 9.41. The number of ketones is 1. The molecular weight excluding hydrogens is 1070 g/mol. The third-order valence-corrected chi connectivity index (χ3v) is 20.2. The second-order valence-electron chi connectivity index (χ2n) is 24.9. The average Bonchev–Trinajstić information content (AvgIpc) is 2.69. The maximum absolute atomic E-state index is 14.4. The van der Waals surface area contributed by atoms with Gasteiger partial charge in [0, 0.05) is 18.9 Å². The summed E-state index contributed by atoms with van der Waals surface area (Å²) in [5.41, 5.74) is -1.49. The van der Waals surface area contributed by atoms with Crippen LogP contribution in [0, 0.1) is 39.4 Å². The van der Waals surface area contributed by atoms with Crippen LogP contribution in [0.15, 0.2) is 23.8 Å². The van der Waals surface area contributed by atoms with Crippen molar-refractivity contribution in [1.82, 2.24) is 0 Å². The van der Waals surface area contributed by atoms with E-state index in [4.69, 9.17) is 51.6 Å². The first kappa shape index (κ1) is 61.3. The molecule has 5 heterocycles. The summed E-state index contributed by atoms with van der Waals surface area (Å²) < 4.78 is 97.4. The molecule has 79 heavy (non-hydrogen) atoms. The number of ether oxygens (including phenoxy) is 10. The van der Waals surface area contributed by atoms with Crippen LogP contribution in [0.3, 0.4) is 0 Å². The van der Waals surface area contributed by atoms with Gasteiger partial charge in [0.2, 0.25) is 0 Å². The topological polar surface area (TPSA) is 372 Å². The third-order valence-electron chi connectivity index (χ3n) is 19.8. The van der Waals surface area contributed by atoms with Crippen molar-refractivity contribution in [3.63, 3.8) is 0 Å². The highest BCUT2D eigenvalue weighted by atomic mass is 32.3. The van der Waals surface area contributed by atoms with Gasteiger partial charge in [-0.15, -0.1) is 6.58 Å². The fraction of sp³-hybridized carbons (Fsp3) is 0.887. The van der Waals surface area contributed by atoms with Gasteiger partial charge in [0.1, 0.15) is 96.8 Å². The number of aliphatic hydroxyl groups is 9. The number of esters is 1. The summed E-state index contributed by atoms with van der Waals surface area (Å²) in [7, 11) is -4.00. The molecule has 3 saturated carbocycles. The van der Waals surface area contributed by atoms with Gasteiger partial charge in [0.05, 0.1) is 43.9 Å². The van der Waals surface area contributed by atoms with Crippen LogP contribution in [0.2, 0.25) is 0 Å². The lowest BCUT2D eigenvalue weighted by Gasteiger charge is -2.63. The number of carbonyl (C=O) groups excluding carboxylic acids is 2. The highest BCUT2D eigenvalue weighted by Gasteiger charge is 2.79. The zero-order valence-corrected chi connectivity index (χ0v) is 46.5. The van der Waals surface area contributed by atoms with E-state index in [1.165, 1.54) is 7.11 Å². The van der Waals surface area contributed by atoms with Gasteiger partial charge in [0.25, 0.3) is 0 Å². The number of hydrogen-bond acceptors (Lipinski definition) is 24. The van der Waals surface area contributed by atoms with Gasteiger partial charge in [-0.2, -0.15) is 8.42 Å². The van der Waals surface area contributed by atoms with Crippen LogP contribution in [0.25, 0.3) is 0 Å². The molecule has 4 aliphatic carbocycles. The number of methoxy groups -OCH3 is 1. The molecule has 26 atom stereocenters. The van der Waals surface area contributed by atoms with Crippen LogP contribution < -0.4 is 0 Å². The Balaban J connectivity index is 0.904. The van der Waals surface area contributed by atoms with Crippen molar-refractivity contribution in [2.45, 2.75) is 222 Å². The van der Waals surface area contributed by atoms with Crippen molar-refractivity contribution in [2.75, 3.05) is 33.5 Å². The summed E-state index contributed by atoms with van der Waals surface area (Å²) in [6.07, 6.45) is -24.0. The molecular formula is C53H82O25S. The van der Waals surface area contributed by atoms with E-state index in [2.05, 4.69) is 40.3 Å². The Labute approximate surface area is 459 Å². The first-order valence-corrected chi connectivity index (χ1v) is 28.8. The molecule has 5 aliphatic heterocycles. The van der Waals surface area contributed by atoms with Gasteiger partial charge in [-0.25, -0.2) is 4.18 Å². The molecule has 450 valence electrons. The number of rotatable bonds is 17. The molecule has 26 heteroatoms. The van der Waals surface area contributed by atoms with Crippen LogP contribution in [-0.2, 0) is 71.5 Å². The van der Waals surface area contributed by atoms with Crippen molar-refractivity contribution in [1.29, 1.82) is 0 Å². The van der Waals surface area contributed by atoms with Crippen LogP contribution in [0.5, 0.6) is 0 Å². The summed E-state index contributed by atoms with van der Waals surface area (Å²) in [5, 5.41) is 98.8. The van der Waals surface area contributed by atoms with Crippen molar-refractivity contribution in [3.05, 3.63) is 23.8 Å². The van der Waals surface area contributed by atoms with E-state index in [9.17, 15) is 68.5 Å². The number of allylic oxidation sites excluding steroid dienone is 3. The van der Waals surface area contributed by atoms with E-state index < -0.39 is 181 Å². The standard InChI is InChI=1S/C53H82O25S/c1-23(2)10-9-15-52(7)43-26(56)18-51(6)25-11-12-31-49(3,4)32(14-16-50(31,5)24(25)13-17-53(43,51)48(64)77-52)73-47-42(34(59)30(22-70-47)78-79(65,66)67)76-45-36(61)35(60)40(29(20-55)72-45)75-44-37(62)39(27(57)21-69-44)74-46-38(63)41(68-8)33(58)28(19-54)71-46/h11,24,27-47,54-55,57-63H,1,9-10,12-22H2,2-8H3,(H,65,66,67)/t24?,27-,28?,29?,30-,31?,32?,33-,34?,35?,36?,37?,38?,39?,40-,41?,42?,43?,44+,45+,46+,47+,50-,51+,52+,53?/m1/s1. The van der Waals surface area contributed by atoms with Gasteiger partial charge >= 0.3 is 16.4 Å². The minimum absolute atomic E-state index is 0.0163. The molecule has 8 fully saturated rings. The van der Waals surface area contributed by atoms with E-state index in [1.54, 1.807) is 0 Å². The lowest BCUT2D eigenvalue weighted by molar-refractivity contribution is -0.385. The van der Waals surface area contributed by atoms with Crippen molar-refractivity contribution >= 4 is 22.2 Å². The molecule has 0 radical (unpaired) electrons. The van der Waals surface area contributed by atoms with Gasteiger partial charge in [-0.3, -0.25) is 14.1 Å². The summed E-state index contributed by atoms with van der Waals surface area (Å²) in [6.45, 7) is 13.5. The molecule has 0 bridgehead atoms. The van der Waals surface area contributed by atoms with Crippen LogP contribution in [0.4, 0.5) is 0 Å². The van der Waals surface area contributed by atoms with Gasteiger partial charge in [0.15, 0.2) is 25.2 Å². The fourth-order valence-corrected chi connectivity index (χ4v) is 16.3. The third kappa shape index (κ3) is 10.5. The fourth-order valence-electron chi connectivity index (χ4n) is 15.8. The molecule has 0 aromatic heterocycles. The highest BCUT2D eigenvalue weighted by Crippen LogP contribution is 2.75. The predicted molar refractivity (Wildman–Crippen MR) is 267 cm³/mol. The predicted octanol–water partition coefficient (Wildman–Crippen LogP) is -0.770. The molecule has 9 rings (SSSR count). The maximum Gasteiger partial charge on any atom is 0.397 e. The van der Waals surface area contributed by atoms with E-state index in [0.717, 1.165) is 24.0 Å². The molecule has 9 aliphatic rings. The lowest BCUT2D eigenvalue weighted by Crippen LogP contribution is -2.66. The molecule has 1 spiro atoms. The van der Waals surface area contributed by atoms with Gasteiger partial charge in [-0.05, 0) is 87.9 Å². The number of Topliss-reactive ketones (excluding diaryl/α,β-unsaturated/α-hetero) is 1. The minimum Gasteiger partial charge on any atom is -0.458 e. The summed E-state index contributed by atoms with van der Waals surface area (Å²) >= 11 is 0.